The van der Waals surface area contributed by atoms with Crippen molar-refractivity contribution in [3.8, 4) is 0 Å². The molecule has 0 bridgehead atoms. The summed E-state index contributed by atoms with van der Waals surface area (Å²) in [4.78, 5) is 59.3. The minimum atomic E-state index is -4.95. The van der Waals surface area contributed by atoms with Crippen LogP contribution in [0.3, 0.4) is 0 Å². The molecule has 0 fully saturated rings. The van der Waals surface area contributed by atoms with Crippen LogP contribution in [-0.4, -0.2) is 95.9 Å². The molecular formula is C113H196O16P2. The van der Waals surface area contributed by atoms with Crippen molar-refractivity contribution in [2.75, 3.05) is 39.6 Å². The number of aliphatic hydroxyl groups excluding tert-OH is 2. The summed E-state index contributed by atoms with van der Waals surface area (Å²) < 4.78 is 61.8. The standard InChI is InChI=1S/C113H196O16P2/c1-4-7-10-13-16-19-22-25-28-31-34-37-40-43-46-48-50-52-53-55-57-58-61-63-66-69-72-75-78-81-84-87-90-93-96-99-111(116)123-102-108(114)103-125-130(119,120)126-104-109(115)105-127-131(121,122)128-107-110(129-113(118)101-98-95-92-89-86-83-80-77-74-71-68-65-60-45-42-39-36-33-30-27-24-21-18-15-12-9-6-3)106-124-112(117)100-97-94-91-88-85-82-79-76-73-70-67-64-62-59-56-54-51-49-47-44-41-38-35-32-29-26-23-20-17-14-11-8-5-2/h9,12,16-21,25-30,34-39,43-47,60,68,71,108-110,114-115H,4-8,10-11,13-15,22-24,31-33,40-42,48-59,61-67,69-70,72-107H2,1-3H3,(H,119,120)(H,121,122)/b12-9-,19-16-,20-17-,21-18-,28-25-,29-26-,30-27-,37-34-,38-35-,39-36-,46-43-,47-44-,60-45-,71-68-. The molecule has 754 valence electrons. The number of aliphatic hydroxyl groups is 2. The van der Waals surface area contributed by atoms with E-state index in [1.165, 1.54) is 250 Å². The third-order valence-corrected chi connectivity index (χ3v) is 24.8. The van der Waals surface area contributed by atoms with E-state index >= 15 is 0 Å². The van der Waals surface area contributed by atoms with E-state index in [2.05, 4.69) is 191 Å². The lowest BCUT2D eigenvalue weighted by atomic mass is 10.0. The van der Waals surface area contributed by atoms with Gasteiger partial charge >= 0.3 is 33.6 Å². The minimum Gasteiger partial charge on any atom is -0.463 e. The van der Waals surface area contributed by atoms with Crippen LogP contribution in [0.4, 0.5) is 0 Å². The zero-order valence-electron chi connectivity index (χ0n) is 83.7. The number of ether oxygens (including phenoxy) is 3. The van der Waals surface area contributed by atoms with Crippen LogP contribution in [0.5, 0.6) is 0 Å². The zero-order valence-corrected chi connectivity index (χ0v) is 85.5. The maximum absolute atomic E-state index is 13.1. The number of carbonyl (C=O) groups is 3. The van der Waals surface area contributed by atoms with Crippen LogP contribution in [0.1, 0.15) is 470 Å². The molecule has 0 spiro atoms. The predicted octanol–water partition coefficient (Wildman–Crippen LogP) is 34.1. The first-order chi connectivity index (χ1) is 64.2. The Labute approximate surface area is 803 Å². The highest BCUT2D eigenvalue weighted by atomic mass is 31.2. The zero-order chi connectivity index (χ0) is 95.0. The first kappa shape index (κ1) is 126. The van der Waals surface area contributed by atoms with Crippen molar-refractivity contribution in [1.29, 1.82) is 0 Å². The average Bonchev–Trinajstić information content (AvgIpc) is 0.897. The Morgan fingerprint density at radius 1 is 0.221 bits per heavy atom. The Hall–Kier alpha value is -5.09. The molecule has 0 heterocycles. The van der Waals surface area contributed by atoms with Gasteiger partial charge in [-0.05, 0) is 161 Å². The number of unbranched alkanes of at least 4 members (excludes halogenated alkanes) is 50. The second kappa shape index (κ2) is 104. The van der Waals surface area contributed by atoms with E-state index in [-0.39, 0.29) is 19.3 Å². The molecule has 0 aromatic carbocycles. The quantitative estimate of drug-likeness (QED) is 0.0146. The molecule has 131 heavy (non-hydrogen) atoms. The minimum absolute atomic E-state index is 0.0915. The van der Waals surface area contributed by atoms with E-state index in [9.17, 15) is 43.5 Å². The molecular weight excluding hydrogens is 1680 g/mol. The first-order valence-corrected chi connectivity index (χ1v) is 56.4. The summed E-state index contributed by atoms with van der Waals surface area (Å²) in [6.07, 6.45) is 137. The van der Waals surface area contributed by atoms with Gasteiger partial charge in [0.2, 0.25) is 0 Å². The molecule has 0 saturated heterocycles. The molecule has 5 atom stereocenters. The third kappa shape index (κ3) is 105. The summed E-state index contributed by atoms with van der Waals surface area (Å²) in [6.45, 7) is 2.59. The second-order valence-corrected chi connectivity index (χ2v) is 38.6. The summed E-state index contributed by atoms with van der Waals surface area (Å²) in [6, 6.07) is 0. The van der Waals surface area contributed by atoms with Gasteiger partial charge in [-0.15, -0.1) is 0 Å². The van der Waals surface area contributed by atoms with Crippen molar-refractivity contribution >= 4 is 33.6 Å². The molecule has 0 aliphatic rings. The van der Waals surface area contributed by atoms with Crippen molar-refractivity contribution < 1.29 is 75.8 Å². The van der Waals surface area contributed by atoms with Crippen LogP contribution in [0.2, 0.25) is 0 Å². The lowest BCUT2D eigenvalue weighted by Crippen LogP contribution is -2.30. The summed E-state index contributed by atoms with van der Waals surface area (Å²) in [5.41, 5.74) is 0. The molecule has 0 saturated carbocycles. The van der Waals surface area contributed by atoms with Gasteiger partial charge in [0.05, 0.1) is 26.4 Å². The van der Waals surface area contributed by atoms with E-state index < -0.39 is 91.5 Å². The fourth-order valence-corrected chi connectivity index (χ4v) is 16.4. The number of hydrogen-bond acceptors (Lipinski definition) is 14. The molecule has 0 aliphatic carbocycles. The van der Waals surface area contributed by atoms with Gasteiger partial charge in [0.1, 0.15) is 25.4 Å². The third-order valence-electron chi connectivity index (χ3n) is 22.9. The SMILES string of the molecule is CC/C=C\C/C=C\C/C=C\C/C=C\C/C=C\C/C=C\CCCCCCCCCCC(=O)OC(COC(=O)CCCCCCCCCCCCCCCCCCC/C=C\C/C=C\C/C=C\C/C=C\CCCCC)COP(=O)(O)OCC(O)COP(=O)(O)OCC(O)COC(=O)CCCCCCCCCCCCCCCCCCCCC/C=C\C/C=C\C/C=C\C/C=C\CCCCC. The predicted molar refractivity (Wildman–Crippen MR) is 555 cm³/mol. The van der Waals surface area contributed by atoms with Gasteiger partial charge in [-0.25, -0.2) is 9.13 Å². The molecule has 0 aromatic heterocycles. The molecule has 0 aliphatic heterocycles. The maximum Gasteiger partial charge on any atom is 0.472 e. The molecule has 0 radical (unpaired) electrons. The van der Waals surface area contributed by atoms with Gasteiger partial charge in [-0.2, -0.15) is 0 Å². The lowest BCUT2D eigenvalue weighted by molar-refractivity contribution is -0.161. The van der Waals surface area contributed by atoms with Crippen LogP contribution >= 0.6 is 15.6 Å². The van der Waals surface area contributed by atoms with Crippen LogP contribution in [0.15, 0.2) is 170 Å². The van der Waals surface area contributed by atoms with Crippen LogP contribution in [-0.2, 0) is 55.8 Å². The number of esters is 3. The van der Waals surface area contributed by atoms with E-state index in [4.69, 9.17) is 32.3 Å². The van der Waals surface area contributed by atoms with Crippen molar-refractivity contribution in [3.05, 3.63) is 170 Å². The Bertz CT molecular complexity index is 3060. The fourth-order valence-electron chi connectivity index (χ4n) is 14.8. The topological polar surface area (TPSA) is 231 Å². The van der Waals surface area contributed by atoms with Crippen molar-refractivity contribution in [2.45, 2.75) is 489 Å². The highest BCUT2D eigenvalue weighted by Crippen LogP contribution is 2.45. The molecule has 5 unspecified atom stereocenters. The van der Waals surface area contributed by atoms with Gasteiger partial charge in [0.25, 0.3) is 0 Å². The fraction of sp³-hybridized carbons (Fsp3) is 0.726. The Morgan fingerprint density at radius 3 is 0.641 bits per heavy atom. The van der Waals surface area contributed by atoms with Crippen molar-refractivity contribution in [2.24, 2.45) is 0 Å². The monoisotopic (exact) mass is 1870 g/mol. The number of phosphoric acid groups is 2. The van der Waals surface area contributed by atoms with Crippen LogP contribution < -0.4 is 0 Å². The van der Waals surface area contributed by atoms with Gasteiger partial charge in [-0.1, -0.05) is 461 Å². The van der Waals surface area contributed by atoms with Gasteiger partial charge in [-0.3, -0.25) is 32.5 Å². The number of phosphoric ester groups is 2. The molecule has 0 aromatic rings. The highest BCUT2D eigenvalue weighted by Gasteiger charge is 2.30. The van der Waals surface area contributed by atoms with Gasteiger partial charge in [0.15, 0.2) is 6.10 Å². The van der Waals surface area contributed by atoms with E-state index in [1.54, 1.807) is 0 Å². The molecule has 4 N–H and O–H groups in total. The van der Waals surface area contributed by atoms with Crippen LogP contribution in [0, 0.1) is 0 Å². The lowest BCUT2D eigenvalue weighted by Gasteiger charge is -2.21. The largest absolute Gasteiger partial charge is 0.472 e. The Morgan fingerprint density at radius 2 is 0.405 bits per heavy atom. The summed E-state index contributed by atoms with van der Waals surface area (Å²) in [5, 5.41) is 20.8. The number of rotatable bonds is 101. The van der Waals surface area contributed by atoms with E-state index in [0.717, 1.165) is 161 Å². The number of carbonyl (C=O) groups excluding carboxylic acids is 3. The maximum atomic E-state index is 13.1. The van der Waals surface area contributed by atoms with Crippen LogP contribution in [0.25, 0.3) is 0 Å². The van der Waals surface area contributed by atoms with Gasteiger partial charge < -0.3 is 34.2 Å². The molecule has 0 amide bonds. The van der Waals surface area contributed by atoms with E-state index in [1.807, 2.05) is 0 Å². The summed E-state index contributed by atoms with van der Waals surface area (Å²) >= 11 is 0. The Balaban J connectivity index is 4.58. The van der Waals surface area contributed by atoms with Gasteiger partial charge in [0, 0.05) is 19.3 Å². The second-order valence-electron chi connectivity index (χ2n) is 35.7. The summed E-state index contributed by atoms with van der Waals surface area (Å²) in [7, 11) is -9.82. The summed E-state index contributed by atoms with van der Waals surface area (Å²) in [5.74, 6) is -1.57. The Kier molecular flexibility index (Phi) is 99.8. The number of hydrogen-bond donors (Lipinski definition) is 4. The average molecular weight is 1870 g/mol. The normalized spacial score (nSPS) is 14.3. The number of allylic oxidation sites excluding steroid dienone is 28. The van der Waals surface area contributed by atoms with Crippen molar-refractivity contribution in [3.63, 3.8) is 0 Å². The highest BCUT2D eigenvalue weighted by molar-refractivity contribution is 7.47. The van der Waals surface area contributed by atoms with E-state index in [0.29, 0.717) is 19.3 Å². The van der Waals surface area contributed by atoms with Crippen molar-refractivity contribution in [1.82, 2.24) is 0 Å². The molecule has 16 nitrogen and oxygen atoms in total. The molecule has 0 rings (SSSR count). The first-order valence-electron chi connectivity index (χ1n) is 53.4. The smallest absolute Gasteiger partial charge is 0.463 e. The molecule has 18 heteroatoms.